The van der Waals surface area contributed by atoms with Gasteiger partial charge in [0.05, 0.1) is 37.1 Å². The van der Waals surface area contributed by atoms with Crippen LogP contribution in [0.4, 0.5) is 0 Å². The molecule has 1 aliphatic heterocycles. The van der Waals surface area contributed by atoms with E-state index < -0.39 is 19.5 Å². The summed E-state index contributed by atoms with van der Waals surface area (Å²) in [5, 5.41) is 0.0457. The molecule has 6 heteroatoms. The summed E-state index contributed by atoms with van der Waals surface area (Å²) >= 11 is 0. The third-order valence-corrected chi connectivity index (χ3v) is 11.2. The molecular weight excluding hydrogens is 372 g/mol. The number of carbonyl (C=O) groups excluding carboxylic acids is 1. The summed E-state index contributed by atoms with van der Waals surface area (Å²) in [6, 6.07) is 0. The Morgan fingerprint density at radius 3 is 2.50 bits per heavy atom. The van der Waals surface area contributed by atoms with Crippen molar-refractivity contribution in [3.8, 4) is 0 Å². The smallest absolute Gasteiger partial charge is 0.337 e. The molecule has 0 N–H and O–H groups in total. The topological polar surface area (TPSA) is 54.0 Å². The van der Waals surface area contributed by atoms with E-state index in [0.29, 0.717) is 31.6 Å². The highest BCUT2D eigenvalue weighted by Crippen LogP contribution is 2.60. The Balaban J connectivity index is 2.09. The van der Waals surface area contributed by atoms with E-state index in [0.717, 1.165) is 24.2 Å². The lowest BCUT2D eigenvalue weighted by molar-refractivity contribution is -0.190. The van der Waals surface area contributed by atoms with E-state index in [2.05, 4.69) is 40.4 Å². The van der Waals surface area contributed by atoms with Crippen molar-refractivity contribution >= 4 is 14.3 Å². The minimum Gasteiger partial charge on any atom is -0.546 e. The summed E-state index contributed by atoms with van der Waals surface area (Å²) in [7, 11) is -0.681. The largest absolute Gasteiger partial charge is 0.546 e. The van der Waals surface area contributed by atoms with E-state index in [1.807, 2.05) is 12.2 Å². The number of fused-ring (bicyclic) bond motifs is 1. The van der Waals surface area contributed by atoms with Gasteiger partial charge in [0.15, 0.2) is 5.79 Å². The highest BCUT2D eigenvalue weighted by molar-refractivity contribution is 6.74. The fraction of sp³-hybridized carbons (Fsp3) is 0.682. The van der Waals surface area contributed by atoms with Gasteiger partial charge in [-0.15, -0.1) is 6.58 Å². The van der Waals surface area contributed by atoms with Gasteiger partial charge in [-0.05, 0) is 42.6 Å². The summed E-state index contributed by atoms with van der Waals surface area (Å²) in [4.78, 5) is 12.6. The molecule has 2 fully saturated rings. The first kappa shape index (κ1) is 21.3. The number of allylic oxidation sites excluding steroid dienone is 2. The predicted molar refractivity (Wildman–Crippen MR) is 111 cm³/mol. The van der Waals surface area contributed by atoms with E-state index in [1.165, 1.54) is 7.11 Å². The Kier molecular flexibility index (Phi) is 5.45. The van der Waals surface area contributed by atoms with Gasteiger partial charge < -0.3 is 18.6 Å². The van der Waals surface area contributed by atoms with Crippen molar-refractivity contribution in [2.24, 2.45) is 5.41 Å². The van der Waals surface area contributed by atoms with Crippen LogP contribution in [0.1, 0.15) is 46.5 Å². The number of rotatable bonds is 5. The SMILES string of the molecule is C=CCC12CC3(CCC1=C(C(=O)OC)C=C2O[Si](C)(C)C(C)(C)C)OCCO3. The molecule has 156 valence electrons. The van der Waals surface area contributed by atoms with Crippen LogP contribution in [0, 0.1) is 5.41 Å². The predicted octanol–water partition coefficient (Wildman–Crippen LogP) is 4.86. The van der Waals surface area contributed by atoms with Gasteiger partial charge in [0, 0.05) is 12.8 Å². The normalized spacial score (nSPS) is 26.9. The Morgan fingerprint density at radius 2 is 1.96 bits per heavy atom. The molecule has 1 spiro atoms. The number of esters is 1. The maximum Gasteiger partial charge on any atom is 0.337 e. The van der Waals surface area contributed by atoms with Crippen molar-refractivity contribution in [3.05, 3.63) is 35.6 Å². The number of carbonyl (C=O) groups is 1. The standard InChI is InChI=1S/C22H34O5Si/c1-8-10-21-15-22(25-12-13-26-22)11-9-17(21)16(19(23)24-5)14-18(21)27-28(6,7)20(2,3)4/h8,14H,1,9-13,15H2,2-7H3. The van der Waals surface area contributed by atoms with Crippen LogP contribution in [-0.2, 0) is 23.4 Å². The molecule has 0 aromatic heterocycles. The van der Waals surface area contributed by atoms with Crippen LogP contribution in [0.5, 0.6) is 0 Å². The van der Waals surface area contributed by atoms with Gasteiger partial charge in [0.25, 0.3) is 0 Å². The number of ether oxygens (including phenoxy) is 3. The molecule has 1 heterocycles. The van der Waals surface area contributed by atoms with E-state index in [9.17, 15) is 4.79 Å². The summed E-state index contributed by atoms with van der Waals surface area (Å²) in [6.45, 7) is 16.3. The first-order valence-corrected chi connectivity index (χ1v) is 13.0. The molecule has 3 rings (SSSR count). The van der Waals surface area contributed by atoms with Crippen molar-refractivity contribution in [1.29, 1.82) is 0 Å². The molecule has 1 saturated heterocycles. The highest BCUT2D eigenvalue weighted by atomic mass is 28.4. The lowest BCUT2D eigenvalue weighted by Gasteiger charge is -2.48. The summed E-state index contributed by atoms with van der Waals surface area (Å²) in [5.74, 6) is -0.0532. The average Bonchev–Trinajstić information content (AvgIpc) is 3.16. The maximum atomic E-state index is 12.6. The number of methoxy groups -OCH3 is 1. The third kappa shape index (κ3) is 3.40. The molecule has 2 aliphatic carbocycles. The molecular formula is C22H34O5Si. The third-order valence-electron chi connectivity index (χ3n) is 6.86. The zero-order valence-corrected chi connectivity index (χ0v) is 19.1. The summed E-state index contributed by atoms with van der Waals surface area (Å²) in [5.41, 5.74) is 1.26. The molecule has 0 aromatic rings. The maximum absolute atomic E-state index is 12.6. The first-order chi connectivity index (χ1) is 13.0. The molecule has 1 saturated carbocycles. The lowest BCUT2D eigenvalue weighted by Crippen LogP contribution is -2.47. The van der Waals surface area contributed by atoms with Gasteiger partial charge in [-0.3, -0.25) is 0 Å². The molecule has 0 bridgehead atoms. The summed E-state index contributed by atoms with van der Waals surface area (Å²) < 4.78 is 24.0. The zero-order chi connectivity index (χ0) is 20.8. The second-order valence-corrected chi connectivity index (χ2v) is 14.3. The fourth-order valence-corrected chi connectivity index (χ4v) is 5.44. The van der Waals surface area contributed by atoms with Gasteiger partial charge in [-0.1, -0.05) is 26.8 Å². The Labute approximate surface area is 169 Å². The van der Waals surface area contributed by atoms with E-state index in [1.54, 1.807) is 0 Å². The second kappa shape index (κ2) is 7.15. The Bertz CT molecular complexity index is 722. The Morgan fingerprint density at radius 1 is 1.32 bits per heavy atom. The minimum absolute atomic E-state index is 0.0457. The molecule has 1 unspecified atom stereocenters. The van der Waals surface area contributed by atoms with Crippen LogP contribution in [0.25, 0.3) is 0 Å². The molecule has 0 aromatic carbocycles. The molecule has 28 heavy (non-hydrogen) atoms. The number of hydrogen-bond donors (Lipinski definition) is 0. The second-order valence-electron chi connectivity index (χ2n) is 9.61. The van der Waals surface area contributed by atoms with Gasteiger partial charge in [-0.2, -0.15) is 0 Å². The van der Waals surface area contributed by atoms with Crippen molar-refractivity contribution in [3.63, 3.8) is 0 Å². The monoisotopic (exact) mass is 406 g/mol. The molecule has 0 radical (unpaired) electrons. The van der Waals surface area contributed by atoms with Crippen molar-refractivity contribution in [2.45, 2.75) is 70.4 Å². The highest BCUT2D eigenvalue weighted by Gasteiger charge is 2.57. The average molecular weight is 407 g/mol. The lowest BCUT2D eigenvalue weighted by atomic mass is 9.66. The van der Waals surface area contributed by atoms with Crippen molar-refractivity contribution < 1.29 is 23.4 Å². The minimum atomic E-state index is -2.11. The number of hydrogen-bond acceptors (Lipinski definition) is 5. The van der Waals surface area contributed by atoms with Crippen LogP contribution in [-0.4, -0.2) is 40.4 Å². The van der Waals surface area contributed by atoms with Crippen molar-refractivity contribution in [1.82, 2.24) is 0 Å². The Hall–Kier alpha value is -1.37. The fourth-order valence-electron chi connectivity index (χ4n) is 4.33. The van der Waals surface area contributed by atoms with Crippen LogP contribution >= 0.6 is 0 Å². The van der Waals surface area contributed by atoms with Crippen molar-refractivity contribution in [2.75, 3.05) is 20.3 Å². The van der Waals surface area contributed by atoms with E-state index in [4.69, 9.17) is 18.6 Å². The molecule has 1 atom stereocenters. The first-order valence-electron chi connectivity index (χ1n) is 10.1. The molecule has 3 aliphatic rings. The quantitative estimate of drug-likeness (QED) is 0.371. The van der Waals surface area contributed by atoms with Gasteiger partial charge in [0.2, 0.25) is 8.32 Å². The molecule has 5 nitrogen and oxygen atoms in total. The van der Waals surface area contributed by atoms with E-state index >= 15 is 0 Å². The van der Waals surface area contributed by atoms with E-state index in [-0.39, 0.29) is 11.0 Å². The summed E-state index contributed by atoms with van der Waals surface area (Å²) in [6.07, 6.45) is 6.61. The van der Waals surface area contributed by atoms with Gasteiger partial charge in [0.1, 0.15) is 0 Å². The van der Waals surface area contributed by atoms with Gasteiger partial charge in [-0.25, -0.2) is 4.79 Å². The molecule has 0 amide bonds. The van der Waals surface area contributed by atoms with Gasteiger partial charge >= 0.3 is 5.97 Å². The zero-order valence-electron chi connectivity index (χ0n) is 18.1. The van der Waals surface area contributed by atoms with Crippen LogP contribution < -0.4 is 0 Å². The van der Waals surface area contributed by atoms with Crippen LogP contribution in [0.3, 0.4) is 0 Å². The van der Waals surface area contributed by atoms with Crippen LogP contribution in [0.15, 0.2) is 35.6 Å². The van der Waals surface area contributed by atoms with Crippen LogP contribution in [0.2, 0.25) is 18.1 Å².